The van der Waals surface area contributed by atoms with Crippen LogP contribution in [0.2, 0.25) is 0 Å². The van der Waals surface area contributed by atoms with Crippen molar-refractivity contribution in [3.8, 4) is 0 Å². The summed E-state index contributed by atoms with van der Waals surface area (Å²) in [5.74, 6) is 0. The summed E-state index contributed by atoms with van der Waals surface area (Å²) < 4.78 is 7.88. The van der Waals surface area contributed by atoms with Crippen molar-refractivity contribution in [3.05, 3.63) is 0 Å². The van der Waals surface area contributed by atoms with Crippen LogP contribution >= 0.6 is 0 Å². The molecule has 0 saturated carbocycles. The molecule has 0 aliphatic heterocycles. The minimum absolute atomic E-state index is 0. The second kappa shape index (κ2) is 52.8. The number of halogens is 2. The Balaban J connectivity index is -0.00000000167. The van der Waals surface area contributed by atoms with Gasteiger partial charge in [0.2, 0.25) is 0 Å². The summed E-state index contributed by atoms with van der Waals surface area (Å²) in [6.45, 7) is 0. The molecular formula is CaF2NiO. The van der Waals surface area contributed by atoms with Crippen LogP contribution in [0.3, 0.4) is 0 Å². The molecule has 5 heteroatoms. The fourth-order valence-electron chi connectivity index (χ4n) is 0. The molecule has 5 heavy (non-hydrogen) atoms. The molecule has 0 aromatic heterocycles. The molecule has 0 atom stereocenters. The Morgan fingerprint density at radius 3 is 1.00 bits per heavy atom. The van der Waals surface area contributed by atoms with Gasteiger partial charge in [-0.15, -0.1) is 0 Å². The monoisotopic (exact) mass is 152 g/mol. The van der Waals surface area contributed by atoms with Gasteiger partial charge in [0.05, 0.1) is 0 Å². The van der Waals surface area contributed by atoms with Crippen molar-refractivity contribution in [2.24, 2.45) is 0 Å². The van der Waals surface area contributed by atoms with Gasteiger partial charge in [0.15, 0.2) is 0 Å². The first-order valence-electron chi connectivity index (χ1n) is 0.129. The molecule has 32 valence electrons. The van der Waals surface area contributed by atoms with Gasteiger partial charge in [0.25, 0.3) is 0 Å². The molecule has 0 N–H and O–H groups in total. The van der Waals surface area contributed by atoms with Crippen LogP contribution in [0.1, 0.15) is 0 Å². The van der Waals surface area contributed by atoms with E-state index < -0.39 is 0 Å². The quantitative estimate of drug-likeness (QED) is 0.316. The van der Waals surface area contributed by atoms with Gasteiger partial charge in [-0.05, 0) is 0 Å². The first-order valence-corrected chi connectivity index (χ1v) is 0.532. The molecule has 0 fully saturated rings. The standard InChI is InChI=1S/Ca.2FH.Ni.O/h;2*1H;;/q+2;;;;/p-2. The molecule has 0 aromatic carbocycles. The summed E-state index contributed by atoms with van der Waals surface area (Å²) in [7, 11) is 0. The summed E-state index contributed by atoms with van der Waals surface area (Å²) in [5, 5.41) is 0. The average molecular weight is 153 g/mol. The third kappa shape index (κ3) is 31.6. The van der Waals surface area contributed by atoms with Gasteiger partial charge < -0.3 is 9.41 Å². The molecule has 0 radical (unpaired) electrons. The summed E-state index contributed by atoms with van der Waals surface area (Å²) in [4.78, 5) is 0. The van der Waals surface area contributed by atoms with Crippen molar-refractivity contribution in [2.45, 2.75) is 0 Å². The van der Waals surface area contributed by atoms with Crippen molar-refractivity contribution in [1.82, 2.24) is 0 Å². The van der Waals surface area contributed by atoms with Gasteiger partial charge in [-0.25, -0.2) is 0 Å². The molecule has 0 spiro atoms. The maximum absolute atomic E-state index is 7.88. The van der Waals surface area contributed by atoms with E-state index in [2.05, 4.69) is 15.4 Å². The predicted molar refractivity (Wildman–Crippen MR) is 6.44 cm³/mol. The Labute approximate surface area is 65.8 Å². The van der Waals surface area contributed by atoms with Gasteiger partial charge in [0.1, 0.15) is 0 Å². The van der Waals surface area contributed by atoms with Crippen LogP contribution in [0.5, 0.6) is 0 Å². The van der Waals surface area contributed by atoms with Crippen LogP contribution in [0.15, 0.2) is 0 Å². The molecule has 0 rings (SSSR count). The summed E-state index contributed by atoms with van der Waals surface area (Å²) >= 11 is 2.62. The van der Waals surface area contributed by atoms with E-state index in [1.807, 2.05) is 0 Å². The molecule has 0 bridgehead atoms. The van der Waals surface area contributed by atoms with Gasteiger partial charge in [0, 0.05) is 0 Å². The molecule has 0 heterocycles. The van der Waals surface area contributed by atoms with E-state index in [4.69, 9.17) is 3.90 Å². The van der Waals surface area contributed by atoms with Crippen molar-refractivity contribution < 1.29 is 28.7 Å². The van der Waals surface area contributed by atoms with Crippen molar-refractivity contribution >= 4 is 37.7 Å². The Bertz CT molecular complexity index is 9.61. The zero-order valence-corrected chi connectivity index (χ0v) is 5.38. The van der Waals surface area contributed by atoms with E-state index >= 15 is 0 Å². The first-order chi connectivity index (χ1) is 1.00. The van der Waals surface area contributed by atoms with Gasteiger partial charge in [-0.3, -0.25) is 0 Å². The normalized spacial score (nSPS) is 1.20. The summed E-state index contributed by atoms with van der Waals surface area (Å²) in [6.07, 6.45) is 0. The first kappa shape index (κ1) is 32.3. The average Bonchev–Trinajstić information content (AvgIpc) is 1.00. The Morgan fingerprint density at radius 2 is 1.00 bits per heavy atom. The number of hydrogen-bond donors (Lipinski definition) is 0. The van der Waals surface area contributed by atoms with Crippen molar-refractivity contribution in [1.29, 1.82) is 0 Å². The van der Waals surface area contributed by atoms with E-state index in [0.29, 0.717) is 0 Å². The van der Waals surface area contributed by atoms with Crippen LogP contribution in [0, 0.1) is 0 Å². The van der Waals surface area contributed by atoms with Crippen LogP contribution in [-0.4, -0.2) is 37.7 Å². The topological polar surface area (TPSA) is 17.1 Å². The van der Waals surface area contributed by atoms with E-state index in [1.54, 1.807) is 0 Å². The summed E-state index contributed by atoms with van der Waals surface area (Å²) in [5.41, 5.74) is 0. The zero-order chi connectivity index (χ0) is 2.00. The zero-order valence-electron chi connectivity index (χ0n) is 2.19. The van der Waals surface area contributed by atoms with E-state index in [9.17, 15) is 0 Å². The van der Waals surface area contributed by atoms with Crippen molar-refractivity contribution in [2.75, 3.05) is 0 Å². The minimum atomic E-state index is 0. The fraction of sp³-hybridized carbons (Fsp3) is 0. The molecule has 1 nitrogen and oxygen atoms in total. The van der Waals surface area contributed by atoms with Gasteiger partial charge >= 0.3 is 57.0 Å². The molecular weight excluding hydrogens is 153 g/mol. The van der Waals surface area contributed by atoms with Crippen LogP contribution in [0.4, 0.5) is 0 Å². The fourth-order valence-corrected chi connectivity index (χ4v) is 0. The van der Waals surface area contributed by atoms with E-state index in [-0.39, 0.29) is 47.1 Å². The Kier molecular flexibility index (Phi) is 341. The van der Waals surface area contributed by atoms with Gasteiger partial charge in [-0.2, -0.15) is 0 Å². The third-order valence-corrected chi connectivity index (χ3v) is 0. The SMILES string of the molecule is [Ca+2].[F-].[F-].[O]=[Ni]. The third-order valence-electron chi connectivity index (χ3n) is 0. The van der Waals surface area contributed by atoms with E-state index in [1.165, 1.54) is 0 Å². The number of hydrogen-bond acceptors (Lipinski definition) is 1. The molecule has 0 saturated heterocycles. The number of rotatable bonds is 0. The molecule has 0 unspecified atom stereocenters. The van der Waals surface area contributed by atoms with E-state index in [0.717, 1.165) is 0 Å². The Morgan fingerprint density at radius 1 is 1.00 bits per heavy atom. The second-order valence-corrected chi connectivity index (χ2v) is 0. The second-order valence-electron chi connectivity index (χ2n) is 0. The predicted octanol–water partition coefficient (Wildman–Crippen LogP) is -6.49. The van der Waals surface area contributed by atoms with Crippen LogP contribution < -0.4 is 9.41 Å². The molecule has 0 aliphatic rings. The van der Waals surface area contributed by atoms with Gasteiger partial charge in [-0.1, -0.05) is 0 Å². The molecule has 0 aliphatic carbocycles. The maximum atomic E-state index is 7.88. The van der Waals surface area contributed by atoms with Crippen molar-refractivity contribution in [3.63, 3.8) is 0 Å². The Hall–Kier alpha value is 1.41. The van der Waals surface area contributed by atoms with Crippen LogP contribution in [-0.2, 0) is 19.3 Å². The molecule has 0 aromatic rings. The molecule has 0 amide bonds. The van der Waals surface area contributed by atoms with Crippen LogP contribution in [0.25, 0.3) is 0 Å². The summed E-state index contributed by atoms with van der Waals surface area (Å²) in [6, 6.07) is 0.